The van der Waals surface area contributed by atoms with Crippen molar-refractivity contribution >= 4 is 107 Å². The highest BCUT2D eigenvalue weighted by Crippen LogP contribution is 2.56. The van der Waals surface area contributed by atoms with Crippen LogP contribution in [0, 0.1) is 0 Å². The molecule has 494 valence electrons. The Bertz CT molecular complexity index is 5890. The van der Waals surface area contributed by atoms with E-state index in [1.807, 2.05) is 0 Å². The van der Waals surface area contributed by atoms with Crippen LogP contribution in [0.15, 0.2) is 267 Å². The molecule has 2 aromatic heterocycles. The number of hydrogen-bond acceptors (Lipinski definition) is 2. The first-order valence-electron chi connectivity index (χ1n) is 37.3. The standard InChI is InChI=1S/C97H83BN4/c1-9-61-40-47-85-80(50-61)81-51-62(10-2)41-48-86(81)99(85)72-43-45-82-88(59-72)101(94-76(64-30-18-12-19-31-64)55-70(96(3,4)5)56-77(94)65-32-20-13-21-33-65)90-53-69(63-28-16-11-17-29-63)54-91-93(90)98(82)83-46-44-73(100-84-39-27-26-38-74(84)92-75-52-68(75)42-49-87(92)100)60-89(83)102(91)95-78(66-34-22-14-23-35-66)57-71(97(6,7)8)58-79(95)67-36-24-15-25-37-67/h12-15,18-27,30-51,53-60,63H,9-11,16-17,28-29H2,1-8H3. The number of anilines is 6. The van der Waals surface area contributed by atoms with Crippen molar-refractivity contribution in [1.29, 1.82) is 0 Å². The quantitative estimate of drug-likeness (QED) is 0.120. The second kappa shape index (κ2) is 23.8. The van der Waals surface area contributed by atoms with Gasteiger partial charge in [0.15, 0.2) is 0 Å². The summed E-state index contributed by atoms with van der Waals surface area (Å²) in [5.41, 5.74) is 37.7. The normalized spacial score (nSPS) is 14.1. The summed E-state index contributed by atoms with van der Waals surface area (Å²) in [6.07, 6.45) is 7.88. The van der Waals surface area contributed by atoms with Gasteiger partial charge >= 0.3 is 0 Å². The van der Waals surface area contributed by atoms with Crippen molar-refractivity contribution in [2.24, 2.45) is 0 Å². The molecule has 4 nitrogen and oxygen atoms in total. The highest BCUT2D eigenvalue weighted by Gasteiger charge is 2.47. The third kappa shape index (κ3) is 9.94. The van der Waals surface area contributed by atoms with Gasteiger partial charge in [-0.15, -0.1) is 5.73 Å². The van der Waals surface area contributed by atoms with Gasteiger partial charge in [0.25, 0.3) is 6.71 Å². The molecule has 5 heteroatoms. The van der Waals surface area contributed by atoms with E-state index in [-0.39, 0.29) is 17.5 Å². The van der Waals surface area contributed by atoms with Crippen molar-refractivity contribution in [2.75, 3.05) is 9.80 Å². The largest absolute Gasteiger partial charge is 0.310 e. The molecule has 1 fully saturated rings. The third-order valence-corrected chi connectivity index (χ3v) is 23.1. The van der Waals surface area contributed by atoms with Crippen molar-refractivity contribution in [3.05, 3.63) is 305 Å². The monoisotopic (exact) mass is 1310 g/mol. The molecule has 0 atom stereocenters. The number of benzene rings is 13. The highest BCUT2D eigenvalue weighted by atomic mass is 15.2. The molecule has 1 saturated carbocycles. The first-order valence-corrected chi connectivity index (χ1v) is 37.3. The molecule has 0 unspecified atom stereocenters. The molecule has 0 N–H and O–H groups in total. The molecular weight excluding hydrogens is 1230 g/mol. The summed E-state index contributed by atoms with van der Waals surface area (Å²) in [7, 11) is 0. The lowest BCUT2D eigenvalue weighted by molar-refractivity contribution is 0.444. The zero-order valence-electron chi connectivity index (χ0n) is 59.8. The van der Waals surface area contributed by atoms with E-state index in [1.54, 1.807) is 0 Å². The number of fused-ring (bicyclic) bond motifs is 12. The Morgan fingerprint density at radius 2 is 0.794 bits per heavy atom. The second-order valence-electron chi connectivity index (χ2n) is 31.3. The molecule has 102 heavy (non-hydrogen) atoms. The molecule has 13 aromatic carbocycles. The van der Waals surface area contributed by atoms with Crippen molar-refractivity contribution in [3.63, 3.8) is 0 Å². The fourth-order valence-electron chi connectivity index (χ4n) is 17.8. The Morgan fingerprint density at radius 1 is 0.382 bits per heavy atom. The fourth-order valence-corrected chi connectivity index (χ4v) is 17.8. The van der Waals surface area contributed by atoms with Crippen LogP contribution in [0.2, 0.25) is 0 Å². The van der Waals surface area contributed by atoms with E-state index >= 15 is 0 Å². The first kappa shape index (κ1) is 62.0. The van der Waals surface area contributed by atoms with E-state index in [0.717, 1.165) is 37.1 Å². The minimum Gasteiger partial charge on any atom is -0.310 e. The molecule has 2 aliphatic carbocycles. The molecule has 0 bridgehead atoms. The average Bonchev–Trinajstić information content (AvgIpc) is 0.946. The lowest BCUT2D eigenvalue weighted by Crippen LogP contribution is -2.61. The summed E-state index contributed by atoms with van der Waals surface area (Å²) in [5, 5.41) is 7.57. The van der Waals surface area contributed by atoms with Gasteiger partial charge in [-0.25, -0.2) is 0 Å². The number of hydrogen-bond donors (Lipinski definition) is 0. The van der Waals surface area contributed by atoms with Crippen molar-refractivity contribution < 1.29 is 0 Å². The van der Waals surface area contributed by atoms with Crippen LogP contribution in [-0.2, 0) is 23.7 Å². The number of rotatable bonds is 11. The predicted molar refractivity (Wildman–Crippen MR) is 435 cm³/mol. The van der Waals surface area contributed by atoms with Crippen molar-refractivity contribution in [3.8, 4) is 55.9 Å². The highest BCUT2D eigenvalue weighted by molar-refractivity contribution is 7.00. The lowest BCUT2D eigenvalue weighted by Gasteiger charge is -2.46. The molecular formula is C97H83BN4. The van der Waals surface area contributed by atoms with E-state index in [2.05, 4.69) is 347 Å². The summed E-state index contributed by atoms with van der Waals surface area (Å²) in [6, 6.07) is 104. The summed E-state index contributed by atoms with van der Waals surface area (Å²) in [4.78, 5) is 5.59. The molecule has 15 aromatic rings. The molecule has 0 spiro atoms. The van der Waals surface area contributed by atoms with Crippen molar-refractivity contribution in [2.45, 2.75) is 117 Å². The van der Waals surface area contributed by atoms with Crippen LogP contribution < -0.4 is 36.6 Å². The van der Waals surface area contributed by atoms with Gasteiger partial charge in [-0.2, -0.15) is 0 Å². The van der Waals surface area contributed by atoms with Crippen LogP contribution >= 0.6 is 0 Å². The molecule has 0 saturated heterocycles. The van der Waals surface area contributed by atoms with Crippen LogP contribution in [0.4, 0.5) is 34.1 Å². The van der Waals surface area contributed by atoms with E-state index < -0.39 is 0 Å². The summed E-state index contributed by atoms with van der Waals surface area (Å²) < 4.78 is 5.12. The van der Waals surface area contributed by atoms with E-state index in [1.165, 1.54) is 196 Å². The first-order chi connectivity index (χ1) is 49.8. The maximum Gasteiger partial charge on any atom is 0.252 e. The Kier molecular flexibility index (Phi) is 14.4. The van der Waals surface area contributed by atoms with Gasteiger partial charge in [-0.1, -0.05) is 238 Å². The summed E-state index contributed by atoms with van der Waals surface area (Å²) in [5.74, 6) is 0.345. The van der Waals surface area contributed by atoms with Crippen LogP contribution in [0.3, 0.4) is 0 Å². The van der Waals surface area contributed by atoms with Gasteiger partial charge in [0.05, 0.1) is 33.4 Å². The SMILES string of the molecule is CCc1ccc2c(c1)c1cc(CC)ccc1n2-c1ccc2c(c1)N(c1c(-c3ccccc3)cc(C(C)(C)C)cc1-c1ccccc1)c1cc(C3CCCCC3)cc3c1B2c1ccc(-n2c4ccccc4c4c5c(ccc42)=C=5)cc1N3c1c(-c2ccccc2)cc(C(C)(C)C)cc1-c1ccccc1. The van der Waals surface area contributed by atoms with Crippen LogP contribution in [-0.4, -0.2) is 15.8 Å². The molecule has 0 amide bonds. The lowest BCUT2D eigenvalue weighted by atomic mass is 9.33. The topological polar surface area (TPSA) is 16.3 Å². The maximum absolute atomic E-state index is 3.67. The van der Waals surface area contributed by atoms with Crippen LogP contribution in [0.1, 0.15) is 121 Å². The molecule has 4 heterocycles. The van der Waals surface area contributed by atoms with Crippen LogP contribution in [0.5, 0.6) is 0 Å². The summed E-state index contributed by atoms with van der Waals surface area (Å²) in [6.45, 7) is 18.6. The number of aryl methyl sites for hydroxylation is 2. The van der Waals surface area contributed by atoms with Gasteiger partial charge in [0, 0.05) is 88.4 Å². The summed E-state index contributed by atoms with van der Waals surface area (Å²) >= 11 is 0. The van der Waals surface area contributed by atoms with Gasteiger partial charge in [-0.05, 0) is 212 Å². The molecule has 0 radical (unpaired) electrons. The second-order valence-corrected chi connectivity index (χ2v) is 31.3. The number of para-hydroxylation sites is 1. The minimum atomic E-state index is -0.199. The van der Waals surface area contributed by atoms with Gasteiger partial charge < -0.3 is 18.9 Å². The van der Waals surface area contributed by atoms with Gasteiger partial charge in [-0.3, -0.25) is 0 Å². The Hall–Kier alpha value is -11.1. The predicted octanol–water partition coefficient (Wildman–Crippen LogP) is 22.5. The molecule has 4 aliphatic rings. The average molecular weight is 1320 g/mol. The van der Waals surface area contributed by atoms with Gasteiger partial charge in [0.1, 0.15) is 0 Å². The number of nitrogens with zero attached hydrogens (tertiary/aromatic N) is 4. The van der Waals surface area contributed by atoms with E-state index in [4.69, 9.17) is 0 Å². The Labute approximate surface area is 599 Å². The van der Waals surface area contributed by atoms with E-state index in [0.29, 0.717) is 5.92 Å². The molecule has 2 aliphatic heterocycles. The third-order valence-electron chi connectivity index (χ3n) is 23.1. The zero-order chi connectivity index (χ0) is 68.9. The smallest absolute Gasteiger partial charge is 0.252 e. The maximum atomic E-state index is 3.67. The van der Waals surface area contributed by atoms with Crippen molar-refractivity contribution in [1.82, 2.24) is 9.13 Å². The molecule has 19 rings (SSSR count). The fraction of sp³-hybridized carbons (Fsp3) is 0.186. The van der Waals surface area contributed by atoms with Gasteiger partial charge in [0.2, 0.25) is 0 Å². The number of aromatic nitrogens is 2. The Morgan fingerprint density at radius 3 is 1.24 bits per heavy atom. The minimum absolute atomic E-state index is 0.174. The zero-order valence-corrected chi connectivity index (χ0v) is 59.8. The van der Waals surface area contributed by atoms with E-state index in [9.17, 15) is 0 Å². The van der Waals surface area contributed by atoms with Crippen LogP contribution in [0.25, 0.3) is 105 Å². The Balaban J connectivity index is 1.00.